The molecular weight excluding hydrogens is 260 g/mol. The summed E-state index contributed by atoms with van der Waals surface area (Å²) < 4.78 is 25.6. The number of amides is 1. The minimum atomic E-state index is -1.01. The van der Waals surface area contributed by atoms with Crippen LogP contribution >= 0.6 is 11.6 Å². The third kappa shape index (κ3) is 2.84. The van der Waals surface area contributed by atoms with E-state index >= 15 is 0 Å². The lowest BCUT2D eigenvalue weighted by molar-refractivity contribution is 0.102. The van der Waals surface area contributed by atoms with Gasteiger partial charge in [0.25, 0.3) is 5.91 Å². The van der Waals surface area contributed by atoms with Gasteiger partial charge >= 0.3 is 0 Å². The maximum absolute atomic E-state index is 12.9. The second kappa shape index (κ2) is 5.14. The summed E-state index contributed by atoms with van der Waals surface area (Å²) in [4.78, 5) is 11.8. The largest absolute Gasteiger partial charge is 0.322 e. The van der Waals surface area contributed by atoms with Crippen LogP contribution in [0.1, 0.15) is 10.4 Å². The molecule has 0 spiro atoms. The summed E-state index contributed by atoms with van der Waals surface area (Å²) >= 11 is 5.69. The number of carbonyl (C=O) groups excluding carboxylic acids is 1. The Morgan fingerprint density at radius 3 is 2.28 bits per heavy atom. The van der Waals surface area contributed by atoms with Crippen molar-refractivity contribution in [1.82, 2.24) is 0 Å². The zero-order chi connectivity index (χ0) is 13.1. The van der Waals surface area contributed by atoms with Gasteiger partial charge in [-0.25, -0.2) is 8.78 Å². The molecule has 0 radical (unpaired) electrons. The third-order valence-electron chi connectivity index (χ3n) is 2.28. The quantitative estimate of drug-likeness (QED) is 0.879. The van der Waals surface area contributed by atoms with E-state index in [9.17, 15) is 13.6 Å². The highest BCUT2D eigenvalue weighted by molar-refractivity contribution is 6.30. The number of hydrogen-bond donors (Lipinski definition) is 1. The number of hydrogen-bond acceptors (Lipinski definition) is 1. The predicted molar refractivity (Wildman–Crippen MR) is 65.8 cm³/mol. The van der Waals surface area contributed by atoms with Gasteiger partial charge in [-0.05, 0) is 36.4 Å². The molecule has 92 valence electrons. The molecule has 2 aromatic rings. The van der Waals surface area contributed by atoms with Crippen LogP contribution in [0.15, 0.2) is 42.5 Å². The van der Waals surface area contributed by atoms with Crippen LogP contribution in [-0.4, -0.2) is 5.91 Å². The molecular formula is C13H8ClF2NO. The van der Waals surface area contributed by atoms with E-state index in [2.05, 4.69) is 5.32 Å². The van der Waals surface area contributed by atoms with Gasteiger partial charge in [0, 0.05) is 22.3 Å². The monoisotopic (exact) mass is 267 g/mol. The van der Waals surface area contributed by atoms with Gasteiger partial charge in [-0.3, -0.25) is 4.79 Å². The van der Waals surface area contributed by atoms with Crippen LogP contribution in [0.2, 0.25) is 5.02 Å². The molecule has 2 nitrogen and oxygen atoms in total. The zero-order valence-electron chi connectivity index (χ0n) is 9.08. The maximum atomic E-state index is 12.9. The molecule has 0 aliphatic heterocycles. The van der Waals surface area contributed by atoms with Crippen molar-refractivity contribution in [3.05, 3.63) is 64.7 Å². The normalized spacial score (nSPS) is 10.2. The van der Waals surface area contributed by atoms with Crippen LogP contribution in [0.25, 0.3) is 0 Å². The van der Waals surface area contributed by atoms with Crippen LogP contribution in [0.3, 0.4) is 0 Å². The number of benzene rings is 2. The average molecular weight is 268 g/mol. The van der Waals surface area contributed by atoms with E-state index < -0.39 is 17.5 Å². The van der Waals surface area contributed by atoms with Gasteiger partial charge in [-0.15, -0.1) is 0 Å². The van der Waals surface area contributed by atoms with Crippen molar-refractivity contribution >= 4 is 23.2 Å². The molecule has 0 unspecified atom stereocenters. The Morgan fingerprint density at radius 2 is 1.67 bits per heavy atom. The maximum Gasteiger partial charge on any atom is 0.255 e. The second-order valence-corrected chi connectivity index (χ2v) is 4.03. The summed E-state index contributed by atoms with van der Waals surface area (Å²) in [7, 11) is 0. The molecule has 18 heavy (non-hydrogen) atoms. The highest BCUT2D eigenvalue weighted by Crippen LogP contribution is 2.15. The molecule has 0 saturated carbocycles. The fraction of sp³-hybridized carbons (Fsp3) is 0. The van der Waals surface area contributed by atoms with Gasteiger partial charge in [-0.1, -0.05) is 11.6 Å². The minimum Gasteiger partial charge on any atom is -0.322 e. The summed E-state index contributed by atoms with van der Waals surface area (Å²) in [6.45, 7) is 0. The van der Waals surface area contributed by atoms with Gasteiger partial charge in [0.1, 0.15) is 0 Å². The van der Waals surface area contributed by atoms with Gasteiger partial charge in [0.15, 0.2) is 11.6 Å². The van der Waals surface area contributed by atoms with Crippen LogP contribution < -0.4 is 5.32 Å². The number of nitrogens with one attached hydrogen (secondary N) is 1. The summed E-state index contributed by atoms with van der Waals surface area (Å²) in [5, 5.41) is 2.97. The van der Waals surface area contributed by atoms with Gasteiger partial charge in [0.05, 0.1) is 0 Å². The first-order valence-electron chi connectivity index (χ1n) is 5.08. The minimum absolute atomic E-state index is 0.189. The fourth-order valence-corrected chi connectivity index (χ4v) is 1.50. The first-order chi connectivity index (χ1) is 8.56. The molecule has 0 atom stereocenters. The fourth-order valence-electron chi connectivity index (χ4n) is 1.38. The van der Waals surface area contributed by atoms with Crippen molar-refractivity contribution in [3.63, 3.8) is 0 Å². The van der Waals surface area contributed by atoms with Crippen molar-refractivity contribution < 1.29 is 13.6 Å². The number of halogens is 3. The van der Waals surface area contributed by atoms with E-state index in [0.29, 0.717) is 10.6 Å². The molecule has 2 aromatic carbocycles. The van der Waals surface area contributed by atoms with Crippen molar-refractivity contribution in [2.45, 2.75) is 0 Å². The van der Waals surface area contributed by atoms with Crippen LogP contribution in [-0.2, 0) is 0 Å². The Hall–Kier alpha value is -1.94. The zero-order valence-corrected chi connectivity index (χ0v) is 9.84. The predicted octanol–water partition coefficient (Wildman–Crippen LogP) is 3.87. The standard InChI is InChI=1S/C13H8ClF2NO/c14-9-3-1-8(2-4-9)13(18)17-10-5-6-11(15)12(16)7-10/h1-7H,(H,17,18). The molecule has 1 N–H and O–H groups in total. The molecule has 0 aliphatic rings. The SMILES string of the molecule is O=C(Nc1ccc(F)c(F)c1)c1ccc(Cl)cc1. The second-order valence-electron chi connectivity index (χ2n) is 3.59. The third-order valence-corrected chi connectivity index (χ3v) is 2.54. The van der Waals surface area contributed by atoms with Crippen LogP contribution in [0.5, 0.6) is 0 Å². The smallest absolute Gasteiger partial charge is 0.255 e. The molecule has 0 aliphatic carbocycles. The Morgan fingerprint density at radius 1 is 1.00 bits per heavy atom. The molecule has 0 fully saturated rings. The van der Waals surface area contributed by atoms with E-state index in [1.165, 1.54) is 18.2 Å². The van der Waals surface area contributed by atoms with Crippen molar-refractivity contribution in [1.29, 1.82) is 0 Å². The summed E-state index contributed by atoms with van der Waals surface area (Å²) in [5.41, 5.74) is 0.568. The van der Waals surface area contributed by atoms with Crippen LogP contribution in [0, 0.1) is 11.6 Å². The van der Waals surface area contributed by atoms with E-state index in [0.717, 1.165) is 12.1 Å². The molecule has 1 amide bonds. The summed E-state index contributed by atoms with van der Waals surface area (Å²) in [5.74, 6) is -2.39. The Balaban J connectivity index is 2.16. The number of rotatable bonds is 2. The molecule has 0 bridgehead atoms. The van der Waals surface area contributed by atoms with Crippen molar-refractivity contribution in [2.24, 2.45) is 0 Å². The van der Waals surface area contributed by atoms with Crippen molar-refractivity contribution in [3.8, 4) is 0 Å². The lowest BCUT2D eigenvalue weighted by Gasteiger charge is -2.05. The van der Waals surface area contributed by atoms with E-state index in [-0.39, 0.29) is 5.69 Å². The van der Waals surface area contributed by atoms with E-state index in [1.807, 2.05) is 0 Å². The van der Waals surface area contributed by atoms with E-state index in [1.54, 1.807) is 12.1 Å². The lowest BCUT2D eigenvalue weighted by atomic mass is 10.2. The Labute approximate surface area is 107 Å². The molecule has 0 heterocycles. The topological polar surface area (TPSA) is 29.1 Å². The Bertz CT molecular complexity index is 584. The molecule has 2 rings (SSSR count). The first kappa shape index (κ1) is 12.5. The molecule has 5 heteroatoms. The van der Waals surface area contributed by atoms with Gasteiger partial charge in [0.2, 0.25) is 0 Å². The first-order valence-corrected chi connectivity index (χ1v) is 5.46. The lowest BCUT2D eigenvalue weighted by Crippen LogP contribution is -2.11. The highest BCUT2D eigenvalue weighted by atomic mass is 35.5. The molecule has 0 saturated heterocycles. The number of anilines is 1. The Kier molecular flexibility index (Phi) is 3.58. The highest BCUT2D eigenvalue weighted by Gasteiger charge is 2.08. The molecule has 0 aromatic heterocycles. The summed E-state index contributed by atoms with van der Waals surface area (Å²) in [6, 6.07) is 9.38. The number of carbonyl (C=O) groups is 1. The van der Waals surface area contributed by atoms with Crippen LogP contribution in [0.4, 0.5) is 14.5 Å². The van der Waals surface area contributed by atoms with Gasteiger partial charge in [-0.2, -0.15) is 0 Å². The average Bonchev–Trinajstić information content (AvgIpc) is 2.34. The summed E-state index contributed by atoms with van der Waals surface area (Å²) in [6.07, 6.45) is 0. The van der Waals surface area contributed by atoms with Crippen molar-refractivity contribution in [2.75, 3.05) is 5.32 Å². The van der Waals surface area contributed by atoms with Gasteiger partial charge < -0.3 is 5.32 Å². The van der Waals surface area contributed by atoms with E-state index in [4.69, 9.17) is 11.6 Å².